The number of hydrazine groups is 2. The van der Waals surface area contributed by atoms with Crippen molar-refractivity contribution >= 4 is 46.3 Å². The molecule has 0 bridgehead atoms. The predicted octanol–water partition coefficient (Wildman–Crippen LogP) is 4.41. The van der Waals surface area contributed by atoms with Crippen LogP contribution in [0.3, 0.4) is 0 Å². The summed E-state index contributed by atoms with van der Waals surface area (Å²) in [4.78, 5) is 28.1. The van der Waals surface area contributed by atoms with Crippen LogP contribution in [0.4, 0.5) is 11.4 Å². The number of carbonyl (C=O) groups excluding carboxylic acids is 2. The van der Waals surface area contributed by atoms with Gasteiger partial charge >= 0.3 is 5.97 Å². The largest absolute Gasteiger partial charge is 0.460 e. The van der Waals surface area contributed by atoms with Crippen LogP contribution in [0.25, 0.3) is 0 Å². The molecule has 1 aliphatic carbocycles. The maximum Gasteiger partial charge on any atom is 0.349 e. The van der Waals surface area contributed by atoms with Crippen LogP contribution in [0.15, 0.2) is 53.2 Å². The maximum absolute atomic E-state index is 13.3. The Kier molecular flexibility index (Phi) is 7.24. The minimum atomic E-state index is -1.73. The second kappa shape index (κ2) is 10.7. The van der Waals surface area contributed by atoms with Crippen molar-refractivity contribution in [2.24, 2.45) is 5.41 Å². The summed E-state index contributed by atoms with van der Waals surface area (Å²) < 4.78 is 5.90. The smallest absolute Gasteiger partial charge is 0.349 e. The van der Waals surface area contributed by atoms with Gasteiger partial charge in [-0.15, -0.1) is 28.2 Å². The van der Waals surface area contributed by atoms with Gasteiger partial charge in [0.25, 0.3) is 0 Å². The van der Waals surface area contributed by atoms with Gasteiger partial charge in [-0.25, -0.2) is 4.79 Å². The lowest BCUT2D eigenvalue weighted by Crippen LogP contribution is -2.52. The van der Waals surface area contributed by atoms with Crippen LogP contribution in [0.1, 0.15) is 52.2 Å². The van der Waals surface area contributed by atoms with E-state index >= 15 is 0 Å². The molecule has 3 aliphatic rings. The Balaban J connectivity index is 0.963. The number of anilines is 2. The van der Waals surface area contributed by atoms with Crippen LogP contribution in [0.2, 0.25) is 0 Å². The van der Waals surface area contributed by atoms with Crippen LogP contribution in [-0.2, 0) is 15.1 Å². The van der Waals surface area contributed by atoms with Gasteiger partial charge in [-0.1, -0.05) is 12.1 Å². The average Bonchev–Trinajstić information content (AvgIpc) is 3.71. The number of benzene rings is 1. The number of aldehydes is 1. The highest BCUT2D eigenvalue weighted by Gasteiger charge is 2.51. The van der Waals surface area contributed by atoms with Gasteiger partial charge in [0.15, 0.2) is 0 Å². The van der Waals surface area contributed by atoms with Crippen LogP contribution >= 0.6 is 22.7 Å². The number of thiophene rings is 2. The zero-order valence-corrected chi connectivity index (χ0v) is 23.7. The summed E-state index contributed by atoms with van der Waals surface area (Å²) >= 11 is 2.74. The van der Waals surface area contributed by atoms with Gasteiger partial charge in [0.2, 0.25) is 5.60 Å². The SMILES string of the molecule is CN1NN(CCCN2CCC3(CC2)CC(OC(=O)C(O)(c2cccs2)c2cccs2)C3)c2ccc(C=O)cc21. The third kappa shape index (κ3) is 5.00. The molecule has 1 saturated carbocycles. The van der Waals surface area contributed by atoms with Crippen molar-refractivity contribution in [3.8, 4) is 0 Å². The Bertz CT molecular complexity index is 1260. The molecule has 8 nitrogen and oxygen atoms in total. The highest BCUT2D eigenvalue weighted by atomic mass is 32.1. The first-order chi connectivity index (χ1) is 18.9. The van der Waals surface area contributed by atoms with E-state index < -0.39 is 11.6 Å². The molecule has 1 aromatic carbocycles. The van der Waals surface area contributed by atoms with E-state index in [1.165, 1.54) is 22.7 Å². The number of carbonyl (C=O) groups is 2. The molecule has 2 N–H and O–H groups in total. The molecule has 1 spiro atoms. The number of hydrogen-bond donors (Lipinski definition) is 2. The number of nitrogens with zero attached hydrogens (tertiary/aromatic N) is 3. The van der Waals surface area contributed by atoms with Crippen molar-refractivity contribution < 1.29 is 19.4 Å². The first-order valence-electron chi connectivity index (χ1n) is 13.5. The Hall–Kier alpha value is -2.76. The van der Waals surface area contributed by atoms with Crippen molar-refractivity contribution in [1.82, 2.24) is 10.4 Å². The first-order valence-corrected chi connectivity index (χ1v) is 15.3. The number of fused-ring (bicyclic) bond motifs is 1. The molecule has 1 saturated heterocycles. The monoisotopic (exact) mass is 566 g/mol. The summed E-state index contributed by atoms with van der Waals surface area (Å²) in [5.74, 6) is -0.560. The highest BCUT2D eigenvalue weighted by Crippen LogP contribution is 2.51. The normalized spacial score (nSPS) is 19.2. The fourth-order valence-corrected chi connectivity index (χ4v) is 7.91. The minimum absolute atomic E-state index is 0.131. The van der Waals surface area contributed by atoms with Gasteiger partial charge in [-0.2, -0.15) is 0 Å². The van der Waals surface area contributed by atoms with Gasteiger partial charge in [0.1, 0.15) is 12.4 Å². The van der Waals surface area contributed by atoms with Crippen LogP contribution in [-0.4, -0.2) is 61.6 Å². The lowest BCUT2D eigenvalue weighted by Gasteiger charge is -2.51. The van der Waals surface area contributed by atoms with E-state index in [-0.39, 0.29) is 11.5 Å². The number of ether oxygens (including phenoxy) is 1. The van der Waals surface area contributed by atoms with Crippen LogP contribution in [0, 0.1) is 5.41 Å². The number of likely N-dealkylation sites (tertiary alicyclic amines) is 1. The van der Waals surface area contributed by atoms with E-state index in [1.807, 2.05) is 53.1 Å². The Morgan fingerprint density at radius 3 is 2.41 bits per heavy atom. The Morgan fingerprint density at radius 1 is 1.10 bits per heavy atom. The predicted molar refractivity (Wildman–Crippen MR) is 154 cm³/mol. The second-order valence-electron chi connectivity index (χ2n) is 11.0. The van der Waals surface area contributed by atoms with E-state index in [9.17, 15) is 14.7 Å². The number of piperidine rings is 1. The molecular weight excluding hydrogens is 532 g/mol. The molecule has 6 rings (SSSR count). The first kappa shape index (κ1) is 26.5. The molecule has 0 amide bonds. The number of nitrogens with one attached hydrogen (secondary N) is 1. The molecule has 4 heterocycles. The van der Waals surface area contributed by atoms with Gasteiger partial charge in [-0.3, -0.25) is 14.8 Å². The molecule has 2 aromatic heterocycles. The minimum Gasteiger partial charge on any atom is -0.460 e. The summed E-state index contributed by atoms with van der Waals surface area (Å²) in [5.41, 5.74) is 4.68. The Morgan fingerprint density at radius 2 is 1.79 bits per heavy atom. The summed E-state index contributed by atoms with van der Waals surface area (Å²) in [5, 5.41) is 19.3. The summed E-state index contributed by atoms with van der Waals surface area (Å²) in [6.45, 7) is 4.03. The summed E-state index contributed by atoms with van der Waals surface area (Å²) in [7, 11) is 1.96. The Labute approximate surface area is 236 Å². The average molecular weight is 567 g/mol. The zero-order valence-electron chi connectivity index (χ0n) is 22.0. The molecule has 10 heteroatoms. The number of hydrogen-bond acceptors (Lipinski definition) is 10. The van der Waals surface area contributed by atoms with Crippen molar-refractivity contribution in [3.63, 3.8) is 0 Å². The molecule has 0 unspecified atom stereocenters. The molecule has 0 radical (unpaired) electrons. The van der Waals surface area contributed by atoms with E-state index in [1.54, 1.807) is 12.1 Å². The lowest BCUT2D eigenvalue weighted by molar-refractivity contribution is -0.181. The quantitative estimate of drug-likeness (QED) is 0.291. The molecule has 0 atom stereocenters. The van der Waals surface area contributed by atoms with Crippen molar-refractivity contribution in [3.05, 3.63) is 68.5 Å². The highest BCUT2D eigenvalue weighted by molar-refractivity contribution is 7.12. The maximum atomic E-state index is 13.3. The fraction of sp³-hybridized carbons (Fsp3) is 0.448. The topological polar surface area (TPSA) is 85.3 Å². The van der Waals surface area contributed by atoms with Gasteiger partial charge in [0, 0.05) is 19.2 Å². The summed E-state index contributed by atoms with van der Waals surface area (Å²) in [6.07, 6.45) is 5.76. The third-order valence-electron chi connectivity index (χ3n) is 8.48. The third-order valence-corrected chi connectivity index (χ3v) is 10.4. The molecule has 3 aromatic rings. The van der Waals surface area contributed by atoms with Gasteiger partial charge in [-0.05, 0) is 98.2 Å². The van der Waals surface area contributed by atoms with E-state index in [0.29, 0.717) is 15.3 Å². The lowest BCUT2D eigenvalue weighted by atomic mass is 9.61. The van der Waals surface area contributed by atoms with Crippen LogP contribution < -0.4 is 15.6 Å². The van der Waals surface area contributed by atoms with Gasteiger partial charge < -0.3 is 14.7 Å². The molecule has 39 heavy (non-hydrogen) atoms. The van der Waals surface area contributed by atoms with E-state index in [4.69, 9.17) is 4.74 Å². The standard InChI is InChI=1S/C29H34N4O4S2/c1-31-24-17-21(20-34)7-8-23(24)33(30-31)12-4-11-32-13-9-28(10-14-32)18-22(19-28)37-27(35)29(36,25-5-2-15-38-25)26-6-3-16-39-26/h2-3,5-8,15-17,20,22,30,36H,4,9-14,18-19H2,1H3. The van der Waals surface area contributed by atoms with E-state index in [0.717, 1.165) is 75.9 Å². The van der Waals surface area contributed by atoms with Crippen molar-refractivity contribution in [2.45, 2.75) is 43.8 Å². The molecule has 206 valence electrons. The zero-order chi connectivity index (χ0) is 27.0. The van der Waals surface area contributed by atoms with Crippen molar-refractivity contribution in [1.29, 1.82) is 0 Å². The molecule has 2 aliphatic heterocycles. The second-order valence-corrected chi connectivity index (χ2v) is 12.9. The number of rotatable bonds is 9. The molecule has 2 fully saturated rings. The fourth-order valence-electron chi connectivity index (χ4n) is 6.20. The van der Waals surface area contributed by atoms with Crippen molar-refractivity contribution in [2.75, 3.05) is 43.2 Å². The van der Waals surface area contributed by atoms with Gasteiger partial charge in [0.05, 0.1) is 21.1 Å². The van der Waals surface area contributed by atoms with Crippen LogP contribution in [0.5, 0.6) is 0 Å². The summed E-state index contributed by atoms with van der Waals surface area (Å²) in [6, 6.07) is 13.1. The number of esters is 1. The molecular formula is C29H34N4O4S2. The number of aliphatic hydroxyl groups is 1. The van der Waals surface area contributed by atoms with E-state index in [2.05, 4.69) is 15.4 Å².